The molecule has 3 heterocycles. The average Bonchev–Trinajstić information content (AvgIpc) is 3.12. The molecule has 0 spiro atoms. The average molecular weight is 325 g/mol. The number of aromatic nitrogens is 3. The van der Waals surface area contributed by atoms with Crippen LogP contribution < -0.4 is 0 Å². The van der Waals surface area contributed by atoms with Crippen LogP contribution in [0.15, 0.2) is 43.0 Å². The van der Waals surface area contributed by atoms with Crippen LogP contribution in [0.3, 0.4) is 0 Å². The first-order valence-corrected chi connectivity index (χ1v) is 8.35. The van der Waals surface area contributed by atoms with E-state index in [0.717, 1.165) is 37.3 Å². The number of carbonyl (C=O) groups excluding carboxylic acids is 1. The van der Waals surface area contributed by atoms with Crippen LogP contribution in [0.25, 0.3) is 0 Å². The van der Waals surface area contributed by atoms with E-state index >= 15 is 0 Å². The van der Waals surface area contributed by atoms with Crippen molar-refractivity contribution in [2.45, 2.75) is 31.8 Å². The molecule has 1 saturated heterocycles. The van der Waals surface area contributed by atoms with Gasteiger partial charge in [-0.05, 0) is 43.7 Å². The zero-order chi connectivity index (χ0) is 16.8. The fourth-order valence-electron chi connectivity index (χ4n) is 3.05. The maximum Gasteiger partial charge on any atom is 0.222 e. The molecule has 2 aromatic heterocycles. The predicted molar refractivity (Wildman–Crippen MR) is 91.0 cm³/mol. The highest BCUT2D eigenvalue weighted by Gasteiger charge is 2.28. The van der Waals surface area contributed by atoms with Crippen LogP contribution in [-0.2, 0) is 17.8 Å². The first-order chi connectivity index (χ1) is 11.7. The number of hydrogen-bond acceptors (Lipinski definition) is 5. The molecule has 0 unspecified atom stereocenters. The number of likely N-dealkylation sites (tertiary alicyclic amines) is 1. The molecule has 0 radical (unpaired) electrons. The van der Waals surface area contributed by atoms with Gasteiger partial charge in [0, 0.05) is 50.3 Å². The summed E-state index contributed by atoms with van der Waals surface area (Å²) in [6.07, 6.45) is 9.40. The Kier molecular flexibility index (Phi) is 5.48. The lowest BCUT2D eigenvalue weighted by Gasteiger charge is -2.24. The van der Waals surface area contributed by atoms with Gasteiger partial charge in [-0.1, -0.05) is 0 Å². The fraction of sp³-hybridized carbons (Fsp3) is 0.444. The van der Waals surface area contributed by atoms with Gasteiger partial charge in [0.05, 0.1) is 6.54 Å². The number of hydrogen-bond donors (Lipinski definition) is 0. The number of rotatable bonds is 6. The van der Waals surface area contributed by atoms with Crippen molar-refractivity contribution in [3.63, 3.8) is 0 Å². The molecule has 126 valence electrons. The van der Waals surface area contributed by atoms with E-state index in [1.807, 2.05) is 23.1 Å². The smallest absolute Gasteiger partial charge is 0.222 e. The third-order valence-corrected chi connectivity index (χ3v) is 4.53. The van der Waals surface area contributed by atoms with Crippen LogP contribution in [0, 0.1) is 0 Å². The van der Waals surface area contributed by atoms with Crippen molar-refractivity contribution in [3.8, 4) is 0 Å². The lowest BCUT2D eigenvalue weighted by Crippen LogP contribution is -2.36. The van der Waals surface area contributed by atoms with Crippen molar-refractivity contribution in [1.82, 2.24) is 24.8 Å². The van der Waals surface area contributed by atoms with E-state index in [4.69, 9.17) is 0 Å². The largest absolute Gasteiger partial charge is 0.341 e. The summed E-state index contributed by atoms with van der Waals surface area (Å²) < 4.78 is 0. The standard InChI is InChI=1S/C18H23N5O/c1-22(14-17-20-8-2-9-21-17)16-7-12-23(13-16)18(24)4-3-15-5-10-19-11-6-15/h2,5-6,8-11,16H,3-4,7,12-14H2,1H3/t16-/m0/s1. The molecular formula is C18H23N5O. The van der Waals surface area contributed by atoms with E-state index < -0.39 is 0 Å². The van der Waals surface area contributed by atoms with Crippen LogP contribution in [-0.4, -0.2) is 56.8 Å². The molecule has 1 fully saturated rings. The summed E-state index contributed by atoms with van der Waals surface area (Å²) in [5, 5.41) is 0. The van der Waals surface area contributed by atoms with Crippen molar-refractivity contribution in [2.24, 2.45) is 0 Å². The number of likely N-dealkylation sites (N-methyl/N-ethyl adjacent to an activating group) is 1. The SMILES string of the molecule is CN(Cc1ncccn1)[C@H]1CCN(C(=O)CCc2ccncc2)C1. The second-order valence-electron chi connectivity index (χ2n) is 6.22. The highest BCUT2D eigenvalue weighted by atomic mass is 16.2. The van der Waals surface area contributed by atoms with Crippen LogP contribution in [0.2, 0.25) is 0 Å². The summed E-state index contributed by atoms with van der Waals surface area (Å²) >= 11 is 0. The Morgan fingerprint density at radius 1 is 1.25 bits per heavy atom. The molecule has 1 amide bonds. The fourth-order valence-corrected chi connectivity index (χ4v) is 3.05. The summed E-state index contributed by atoms with van der Waals surface area (Å²) in [6, 6.07) is 6.13. The third-order valence-electron chi connectivity index (χ3n) is 4.53. The van der Waals surface area contributed by atoms with Crippen LogP contribution >= 0.6 is 0 Å². The minimum atomic E-state index is 0.235. The van der Waals surface area contributed by atoms with Crippen molar-refractivity contribution in [3.05, 3.63) is 54.4 Å². The van der Waals surface area contributed by atoms with Gasteiger partial charge in [-0.3, -0.25) is 14.7 Å². The molecule has 6 heteroatoms. The number of pyridine rings is 1. The summed E-state index contributed by atoms with van der Waals surface area (Å²) in [6.45, 7) is 2.34. The Labute approximate surface area is 142 Å². The van der Waals surface area contributed by atoms with Gasteiger partial charge < -0.3 is 4.90 Å². The molecule has 6 nitrogen and oxygen atoms in total. The van der Waals surface area contributed by atoms with Crippen LogP contribution in [0.1, 0.15) is 24.2 Å². The van der Waals surface area contributed by atoms with Gasteiger partial charge in [-0.2, -0.15) is 0 Å². The summed E-state index contributed by atoms with van der Waals surface area (Å²) in [5.74, 6) is 1.06. The summed E-state index contributed by atoms with van der Waals surface area (Å²) in [4.78, 5) is 29.2. The van der Waals surface area contributed by atoms with Crippen LogP contribution in [0.5, 0.6) is 0 Å². The maximum absolute atomic E-state index is 12.4. The second-order valence-corrected chi connectivity index (χ2v) is 6.22. The lowest BCUT2D eigenvalue weighted by atomic mass is 10.1. The zero-order valence-electron chi connectivity index (χ0n) is 14.0. The van der Waals surface area contributed by atoms with Gasteiger partial charge in [-0.25, -0.2) is 9.97 Å². The van der Waals surface area contributed by atoms with E-state index in [1.165, 1.54) is 0 Å². The minimum Gasteiger partial charge on any atom is -0.341 e. The third kappa shape index (κ3) is 4.35. The quantitative estimate of drug-likeness (QED) is 0.806. The number of carbonyl (C=O) groups is 1. The molecule has 3 rings (SSSR count). The van der Waals surface area contributed by atoms with Crippen molar-refractivity contribution >= 4 is 5.91 Å². The molecule has 1 aliphatic heterocycles. The summed E-state index contributed by atoms with van der Waals surface area (Å²) in [7, 11) is 2.08. The second kappa shape index (κ2) is 7.97. The highest BCUT2D eigenvalue weighted by Crippen LogP contribution is 2.17. The summed E-state index contributed by atoms with van der Waals surface area (Å²) in [5.41, 5.74) is 1.16. The lowest BCUT2D eigenvalue weighted by molar-refractivity contribution is -0.130. The first-order valence-electron chi connectivity index (χ1n) is 8.35. The van der Waals surface area contributed by atoms with Gasteiger partial charge in [0.1, 0.15) is 5.82 Å². The Morgan fingerprint density at radius 2 is 2.00 bits per heavy atom. The topological polar surface area (TPSA) is 62.2 Å². The number of aryl methyl sites for hydroxylation is 1. The molecule has 0 bridgehead atoms. The van der Waals surface area contributed by atoms with Crippen molar-refractivity contribution < 1.29 is 4.79 Å². The first kappa shape index (κ1) is 16.5. The number of nitrogens with zero attached hydrogens (tertiary/aromatic N) is 5. The van der Waals surface area contributed by atoms with E-state index in [2.05, 4.69) is 26.9 Å². The monoisotopic (exact) mass is 325 g/mol. The van der Waals surface area contributed by atoms with Gasteiger partial charge in [0.2, 0.25) is 5.91 Å². The molecule has 24 heavy (non-hydrogen) atoms. The number of amides is 1. The van der Waals surface area contributed by atoms with Gasteiger partial charge in [0.25, 0.3) is 0 Å². The van der Waals surface area contributed by atoms with Gasteiger partial charge in [-0.15, -0.1) is 0 Å². The zero-order valence-corrected chi connectivity index (χ0v) is 14.0. The Hall–Kier alpha value is -2.34. The molecule has 1 aliphatic rings. The van der Waals surface area contributed by atoms with Gasteiger partial charge >= 0.3 is 0 Å². The van der Waals surface area contributed by atoms with Gasteiger partial charge in [0.15, 0.2) is 0 Å². The maximum atomic E-state index is 12.4. The molecule has 0 N–H and O–H groups in total. The van der Waals surface area contributed by atoms with E-state index in [-0.39, 0.29) is 5.91 Å². The molecule has 0 aliphatic carbocycles. The Balaban J connectivity index is 1.46. The van der Waals surface area contributed by atoms with E-state index in [1.54, 1.807) is 24.8 Å². The normalized spacial score (nSPS) is 17.4. The molecule has 0 aromatic carbocycles. The molecule has 1 atom stereocenters. The van der Waals surface area contributed by atoms with Crippen molar-refractivity contribution in [2.75, 3.05) is 20.1 Å². The van der Waals surface area contributed by atoms with E-state index in [0.29, 0.717) is 19.0 Å². The highest BCUT2D eigenvalue weighted by molar-refractivity contribution is 5.76. The molecule has 2 aromatic rings. The van der Waals surface area contributed by atoms with Crippen LogP contribution in [0.4, 0.5) is 0 Å². The predicted octanol–water partition coefficient (Wildman–Crippen LogP) is 1.54. The molecular weight excluding hydrogens is 302 g/mol. The van der Waals surface area contributed by atoms with E-state index in [9.17, 15) is 4.79 Å². The molecule has 0 saturated carbocycles. The Bertz CT molecular complexity index is 649. The Morgan fingerprint density at radius 3 is 2.75 bits per heavy atom. The minimum absolute atomic E-state index is 0.235. The van der Waals surface area contributed by atoms with Crippen molar-refractivity contribution in [1.29, 1.82) is 0 Å².